The molecule has 0 bridgehead atoms. The van der Waals surface area contributed by atoms with Crippen LogP contribution in [0.3, 0.4) is 0 Å². The number of hydrogen-bond acceptors (Lipinski definition) is 8. The number of azo groups is 2. The summed E-state index contributed by atoms with van der Waals surface area (Å²) in [6.07, 6.45) is 0. The van der Waals surface area contributed by atoms with E-state index in [4.69, 9.17) is 34.8 Å². The standard InChI is InChI=1S/C41H27Cl3N6O4/c1-22-10-16-32(43)34(18-22)47-49-36-28-8-4-2-6-23(28)19-30(38(36)51)40(53)45-26-12-14-27(15-13-26)46-41(54)31-20-24-7-3-5-9-29(24)37(39(31)52)50-48-35-21-25(42)11-17-33(35)44/h2-21,51-52H,1H3,(H,45,53)(H,46,54)/b49-47+,50-48+. The fraction of sp³-hybridized carbons (Fsp3) is 0.0244. The van der Waals surface area contributed by atoms with Gasteiger partial charge >= 0.3 is 0 Å². The molecule has 0 aliphatic carbocycles. The molecule has 0 aromatic heterocycles. The molecule has 0 spiro atoms. The highest BCUT2D eigenvalue weighted by molar-refractivity contribution is 6.35. The molecule has 266 valence electrons. The number of halogens is 3. The second-order valence-electron chi connectivity index (χ2n) is 12.1. The van der Waals surface area contributed by atoms with Gasteiger partial charge in [-0.05, 0) is 90.0 Å². The quantitative estimate of drug-likeness (QED) is 0.114. The largest absolute Gasteiger partial charge is 0.505 e. The molecule has 10 nitrogen and oxygen atoms in total. The third-order valence-electron chi connectivity index (χ3n) is 8.41. The van der Waals surface area contributed by atoms with Crippen molar-refractivity contribution >= 4 is 102 Å². The van der Waals surface area contributed by atoms with Gasteiger partial charge in [0.1, 0.15) is 22.7 Å². The Balaban J connectivity index is 1.12. The van der Waals surface area contributed by atoms with Crippen molar-refractivity contribution in [1.82, 2.24) is 0 Å². The van der Waals surface area contributed by atoms with E-state index >= 15 is 0 Å². The lowest BCUT2D eigenvalue weighted by atomic mass is 10.0. The lowest BCUT2D eigenvalue weighted by Crippen LogP contribution is -2.13. The van der Waals surface area contributed by atoms with Crippen molar-refractivity contribution in [1.29, 1.82) is 0 Å². The Kier molecular flexibility index (Phi) is 10.2. The van der Waals surface area contributed by atoms with Crippen LogP contribution in [0.15, 0.2) is 142 Å². The van der Waals surface area contributed by atoms with E-state index in [1.165, 1.54) is 6.07 Å². The van der Waals surface area contributed by atoms with E-state index in [1.54, 1.807) is 103 Å². The molecule has 54 heavy (non-hydrogen) atoms. The monoisotopic (exact) mass is 772 g/mol. The van der Waals surface area contributed by atoms with Gasteiger partial charge in [0.15, 0.2) is 11.5 Å². The molecule has 0 fully saturated rings. The maximum Gasteiger partial charge on any atom is 0.259 e. The maximum atomic E-state index is 13.5. The summed E-state index contributed by atoms with van der Waals surface area (Å²) in [6.45, 7) is 1.90. The van der Waals surface area contributed by atoms with E-state index in [1.807, 2.05) is 19.1 Å². The Labute approximate surface area is 323 Å². The van der Waals surface area contributed by atoms with E-state index in [-0.39, 0.29) is 34.0 Å². The topological polar surface area (TPSA) is 148 Å². The first-order valence-corrected chi connectivity index (χ1v) is 17.5. The molecule has 0 aliphatic heterocycles. The number of nitrogens with zero attached hydrogens (tertiary/aromatic N) is 4. The minimum atomic E-state index is -0.609. The molecule has 0 aliphatic rings. The lowest BCUT2D eigenvalue weighted by molar-refractivity contribution is 0.101. The number of fused-ring (bicyclic) bond motifs is 2. The van der Waals surface area contributed by atoms with Crippen LogP contribution in [0, 0.1) is 6.92 Å². The molecule has 0 radical (unpaired) electrons. The van der Waals surface area contributed by atoms with Gasteiger partial charge in [-0.1, -0.05) is 89.4 Å². The zero-order chi connectivity index (χ0) is 37.9. The highest BCUT2D eigenvalue weighted by atomic mass is 35.5. The van der Waals surface area contributed by atoms with E-state index in [9.17, 15) is 19.8 Å². The smallest absolute Gasteiger partial charge is 0.259 e. The molecular weight excluding hydrogens is 747 g/mol. The summed E-state index contributed by atoms with van der Waals surface area (Å²) in [5, 5.41) is 48.7. The van der Waals surface area contributed by atoms with Crippen molar-refractivity contribution in [3.05, 3.63) is 153 Å². The highest BCUT2D eigenvalue weighted by Gasteiger charge is 2.21. The van der Waals surface area contributed by atoms with Crippen molar-refractivity contribution in [2.45, 2.75) is 6.92 Å². The second kappa shape index (κ2) is 15.3. The Morgan fingerprint density at radius 1 is 0.537 bits per heavy atom. The van der Waals surface area contributed by atoms with E-state index < -0.39 is 11.8 Å². The Morgan fingerprint density at radius 2 is 0.981 bits per heavy atom. The summed E-state index contributed by atoms with van der Waals surface area (Å²) in [6, 6.07) is 33.8. The minimum absolute atomic E-state index is 0.0206. The Morgan fingerprint density at radius 3 is 1.48 bits per heavy atom. The molecule has 0 unspecified atom stereocenters. The number of phenolic OH excluding ortho intramolecular Hbond substituents is 2. The van der Waals surface area contributed by atoms with Crippen molar-refractivity contribution < 1.29 is 19.8 Å². The van der Waals surface area contributed by atoms with Gasteiger partial charge in [0, 0.05) is 27.2 Å². The average molecular weight is 774 g/mol. The fourth-order valence-corrected chi connectivity index (χ4v) is 6.16. The van der Waals surface area contributed by atoms with Crippen LogP contribution in [0.25, 0.3) is 21.5 Å². The van der Waals surface area contributed by atoms with Crippen molar-refractivity contribution in [2.75, 3.05) is 10.6 Å². The molecule has 2 amide bonds. The molecular formula is C41H27Cl3N6O4. The van der Waals surface area contributed by atoms with Crippen LogP contribution in [0.5, 0.6) is 11.5 Å². The normalized spacial score (nSPS) is 11.5. The summed E-state index contributed by atoms with van der Waals surface area (Å²) in [5.74, 6) is -1.94. The number of aryl methyl sites for hydroxylation is 1. The van der Waals surface area contributed by atoms with Gasteiger partial charge in [0.2, 0.25) is 0 Å². The highest BCUT2D eigenvalue weighted by Crippen LogP contribution is 2.42. The first kappa shape index (κ1) is 36.0. The summed E-state index contributed by atoms with van der Waals surface area (Å²) in [4.78, 5) is 27.0. The molecule has 7 rings (SSSR count). The second-order valence-corrected chi connectivity index (χ2v) is 13.4. The van der Waals surface area contributed by atoms with Crippen LogP contribution in [0.4, 0.5) is 34.1 Å². The van der Waals surface area contributed by atoms with E-state index in [0.29, 0.717) is 59.4 Å². The summed E-state index contributed by atoms with van der Waals surface area (Å²) < 4.78 is 0. The first-order chi connectivity index (χ1) is 26.0. The zero-order valence-corrected chi connectivity index (χ0v) is 30.4. The average Bonchev–Trinajstić information content (AvgIpc) is 3.16. The van der Waals surface area contributed by atoms with E-state index in [2.05, 4.69) is 31.1 Å². The van der Waals surface area contributed by atoms with Crippen molar-refractivity contribution in [2.24, 2.45) is 20.5 Å². The van der Waals surface area contributed by atoms with Gasteiger partial charge in [-0.2, -0.15) is 0 Å². The molecule has 0 atom stereocenters. The van der Waals surface area contributed by atoms with Gasteiger partial charge in [0.05, 0.1) is 21.2 Å². The number of nitrogens with one attached hydrogen (secondary N) is 2. The van der Waals surface area contributed by atoms with Gasteiger partial charge < -0.3 is 20.8 Å². The van der Waals surface area contributed by atoms with Crippen LogP contribution >= 0.6 is 34.8 Å². The molecule has 7 aromatic carbocycles. The van der Waals surface area contributed by atoms with Gasteiger partial charge in [-0.25, -0.2) is 0 Å². The van der Waals surface area contributed by atoms with E-state index in [0.717, 1.165) is 5.56 Å². The number of amides is 2. The summed E-state index contributed by atoms with van der Waals surface area (Å²) >= 11 is 18.7. The third kappa shape index (κ3) is 7.58. The van der Waals surface area contributed by atoms with Gasteiger partial charge in [0.25, 0.3) is 11.8 Å². The van der Waals surface area contributed by atoms with Crippen LogP contribution in [0.2, 0.25) is 15.1 Å². The van der Waals surface area contributed by atoms with Crippen LogP contribution in [-0.4, -0.2) is 22.0 Å². The number of phenols is 2. The minimum Gasteiger partial charge on any atom is -0.505 e. The lowest BCUT2D eigenvalue weighted by Gasteiger charge is -2.13. The number of anilines is 2. The third-order valence-corrected chi connectivity index (χ3v) is 9.28. The molecule has 0 saturated carbocycles. The van der Waals surface area contributed by atoms with Crippen molar-refractivity contribution in [3.8, 4) is 11.5 Å². The van der Waals surface area contributed by atoms with Crippen LogP contribution in [0.1, 0.15) is 26.3 Å². The first-order valence-electron chi connectivity index (χ1n) is 16.3. The number of hydrogen-bond donors (Lipinski definition) is 4. The Bertz CT molecular complexity index is 2500. The SMILES string of the molecule is Cc1ccc(Cl)c(/N=N/c2c(O)c(C(=O)Nc3ccc(NC(=O)c4cc5ccccc5c(/N=N/c5cc(Cl)ccc5Cl)c4O)cc3)cc3ccccc23)c1. The molecule has 13 heteroatoms. The van der Waals surface area contributed by atoms with Gasteiger partial charge in [-0.15, -0.1) is 20.5 Å². The molecule has 0 saturated heterocycles. The Hall–Kier alpha value is -6.33. The maximum absolute atomic E-state index is 13.5. The fourth-order valence-electron chi connectivity index (χ4n) is 5.69. The number of carbonyl (C=O) groups excluding carboxylic acids is 2. The van der Waals surface area contributed by atoms with Gasteiger partial charge in [-0.3, -0.25) is 9.59 Å². The number of carbonyl (C=O) groups is 2. The number of benzene rings is 7. The molecule has 7 aromatic rings. The molecule has 4 N–H and O–H groups in total. The summed E-state index contributed by atoms with van der Waals surface area (Å²) in [5.41, 5.74) is 2.54. The number of aromatic hydroxyl groups is 2. The van der Waals surface area contributed by atoms with Crippen LogP contribution in [-0.2, 0) is 0 Å². The predicted octanol–water partition coefficient (Wildman–Crippen LogP) is 13.0. The van der Waals surface area contributed by atoms with Crippen LogP contribution < -0.4 is 10.6 Å². The summed E-state index contributed by atoms with van der Waals surface area (Å²) in [7, 11) is 0. The zero-order valence-electron chi connectivity index (χ0n) is 28.2. The molecule has 0 heterocycles. The number of rotatable bonds is 8. The van der Waals surface area contributed by atoms with Crippen molar-refractivity contribution in [3.63, 3.8) is 0 Å². The predicted molar refractivity (Wildman–Crippen MR) is 215 cm³/mol.